The summed E-state index contributed by atoms with van der Waals surface area (Å²) >= 11 is 0. The van der Waals surface area contributed by atoms with Crippen LogP contribution >= 0.6 is 0 Å². The van der Waals surface area contributed by atoms with Gasteiger partial charge >= 0.3 is 5.97 Å². The monoisotopic (exact) mass is 243 g/mol. The van der Waals surface area contributed by atoms with Crippen LogP contribution in [-0.2, 0) is 14.3 Å². The summed E-state index contributed by atoms with van der Waals surface area (Å²) in [5.41, 5.74) is 0. The van der Waals surface area contributed by atoms with E-state index in [1.807, 2.05) is 0 Å². The maximum atomic E-state index is 11.5. The minimum absolute atomic E-state index is 0.0405. The molecule has 0 spiro atoms. The zero-order valence-corrected chi connectivity index (χ0v) is 10.4. The van der Waals surface area contributed by atoms with E-state index in [4.69, 9.17) is 9.84 Å². The van der Waals surface area contributed by atoms with Crippen molar-refractivity contribution in [1.82, 2.24) is 5.32 Å². The summed E-state index contributed by atoms with van der Waals surface area (Å²) in [4.78, 5) is 22.4. The fourth-order valence-electron chi connectivity index (χ4n) is 1.98. The van der Waals surface area contributed by atoms with Gasteiger partial charge in [0.1, 0.15) is 12.6 Å². The maximum Gasteiger partial charge on any atom is 0.326 e. The first-order chi connectivity index (χ1) is 8.00. The Morgan fingerprint density at radius 3 is 2.41 bits per heavy atom. The zero-order chi connectivity index (χ0) is 12.8. The van der Waals surface area contributed by atoms with Crippen LogP contribution in [0.4, 0.5) is 0 Å². The number of carboxylic acids is 1. The molecule has 0 aromatic carbocycles. The summed E-state index contributed by atoms with van der Waals surface area (Å²) in [5.74, 6) is -1.49. The second-order valence-electron chi connectivity index (χ2n) is 4.84. The van der Waals surface area contributed by atoms with Crippen LogP contribution < -0.4 is 5.32 Å². The summed E-state index contributed by atoms with van der Waals surface area (Å²) in [5, 5.41) is 11.4. The number of carbonyl (C=O) groups is 2. The highest BCUT2D eigenvalue weighted by Crippen LogP contribution is 2.20. The predicted octanol–water partition coefficient (Wildman–Crippen LogP) is 1.17. The number of carbonyl (C=O) groups excluding carboxylic acids is 1. The van der Waals surface area contributed by atoms with Crippen molar-refractivity contribution in [2.75, 3.05) is 6.61 Å². The van der Waals surface area contributed by atoms with E-state index >= 15 is 0 Å². The molecule has 0 bridgehead atoms. The van der Waals surface area contributed by atoms with Crippen molar-refractivity contribution in [2.24, 2.45) is 5.92 Å². The number of amides is 1. The normalized spacial score (nSPS) is 18.3. The summed E-state index contributed by atoms with van der Waals surface area (Å²) in [6.45, 7) is 3.48. The molecular weight excluding hydrogens is 222 g/mol. The molecule has 1 aliphatic carbocycles. The fourth-order valence-corrected chi connectivity index (χ4v) is 1.98. The van der Waals surface area contributed by atoms with Gasteiger partial charge in [0.2, 0.25) is 5.91 Å². The topological polar surface area (TPSA) is 75.6 Å². The van der Waals surface area contributed by atoms with Crippen molar-refractivity contribution in [3.8, 4) is 0 Å². The third-order valence-electron chi connectivity index (χ3n) is 3.00. The molecule has 0 heterocycles. The van der Waals surface area contributed by atoms with Crippen molar-refractivity contribution in [2.45, 2.75) is 51.7 Å². The zero-order valence-electron chi connectivity index (χ0n) is 10.4. The first-order valence-corrected chi connectivity index (χ1v) is 6.14. The number of aliphatic carboxylic acids is 1. The van der Waals surface area contributed by atoms with E-state index in [1.54, 1.807) is 13.8 Å². The van der Waals surface area contributed by atoms with Gasteiger partial charge in [-0.15, -0.1) is 0 Å². The molecule has 98 valence electrons. The van der Waals surface area contributed by atoms with Crippen LogP contribution in [0.25, 0.3) is 0 Å². The molecule has 0 aliphatic heterocycles. The molecule has 1 atom stereocenters. The Kier molecular flexibility index (Phi) is 5.41. The largest absolute Gasteiger partial charge is 0.480 e. The first kappa shape index (κ1) is 14.0. The number of nitrogens with one attached hydrogen (secondary N) is 1. The van der Waals surface area contributed by atoms with E-state index in [9.17, 15) is 9.59 Å². The van der Waals surface area contributed by atoms with Crippen LogP contribution in [0.2, 0.25) is 0 Å². The van der Waals surface area contributed by atoms with Crippen LogP contribution in [0.1, 0.15) is 39.5 Å². The van der Waals surface area contributed by atoms with E-state index in [2.05, 4.69) is 5.32 Å². The first-order valence-electron chi connectivity index (χ1n) is 6.14. The second-order valence-corrected chi connectivity index (χ2v) is 4.84. The molecule has 0 aromatic rings. The molecule has 1 rings (SSSR count). The molecule has 0 aromatic heterocycles. The molecule has 1 saturated carbocycles. The van der Waals surface area contributed by atoms with Gasteiger partial charge in [0.15, 0.2) is 0 Å². The molecule has 5 heteroatoms. The van der Waals surface area contributed by atoms with E-state index in [1.165, 1.54) is 0 Å². The number of hydrogen-bond acceptors (Lipinski definition) is 3. The SMILES string of the molecule is CC(C)[C@@H](NC(=O)COC1CCCC1)C(=O)O. The van der Waals surface area contributed by atoms with Crippen molar-refractivity contribution in [3.05, 3.63) is 0 Å². The summed E-state index contributed by atoms with van der Waals surface area (Å²) < 4.78 is 5.42. The third kappa shape index (κ3) is 4.73. The number of ether oxygens (including phenoxy) is 1. The molecule has 17 heavy (non-hydrogen) atoms. The number of rotatable bonds is 6. The predicted molar refractivity (Wildman–Crippen MR) is 62.6 cm³/mol. The van der Waals surface area contributed by atoms with Gasteiger partial charge in [-0.2, -0.15) is 0 Å². The average Bonchev–Trinajstić information content (AvgIpc) is 2.74. The summed E-state index contributed by atoms with van der Waals surface area (Å²) in [6, 6.07) is -0.838. The fraction of sp³-hybridized carbons (Fsp3) is 0.833. The van der Waals surface area contributed by atoms with Crippen LogP contribution in [0.15, 0.2) is 0 Å². The Bertz CT molecular complexity index is 272. The lowest BCUT2D eigenvalue weighted by Crippen LogP contribution is -2.45. The van der Waals surface area contributed by atoms with E-state index in [-0.39, 0.29) is 24.5 Å². The highest BCUT2D eigenvalue weighted by molar-refractivity contribution is 5.84. The molecular formula is C12H21NO4. The van der Waals surface area contributed by atoms with Gasteiger partial charge in [0, 0.05) is 0 Å². The Morgan fingerprint density at radius 2 is 1.94 bits per heavy atom. The lowest BCUT2D eigenvalue weighted by atomic mass is 10.1. The lowest BCUT2D eigenvalue weighted by molar-refractivity contribution is -0.144. The van der Waals surface area contributed by atoms with E-state index in [0.717, 1.165) is 25.7 Å². The van der Waals surface area contributed by atoms with Gasteiger partial charge in [-0.3, -0.25) is 4.79 Å². The maximum absolute atomic E-state index is 11.5. The van der Waals surface area contributed by atoms with Crippen molar-refractivity contribution < 1.29 is 19.4 Å². The van der Waals surface area contributed by atoms with Crippen molar-refractivity contribution in [3.63, 3.8) is 0 Å². The van der Waals surface area contributed by atoms with Crippen LogP contribution in [0.5, 0.6) is 0 Å². The molecule has 0 saturated heterocycles. The third-order valence-corrected chi connectivity index (χ3v) is 3.00. The molecule has 2 N–H and O–H groups in total. The van der Waals surface area contributed by atoms with Gasteiger partial charge < -0.3 is 15.2 Å². The van der Waals surface area contributed by atoms with Gasteiger partial charge in [-0.1, -0.05) is 26.7 Å². The van der Waals surface area contributed by atoms with E-state index in [0.29, 0.717) is 0 Å². The summed E-state index contributed by atoms with van der Waals surface area (Å²) in [6.07, 6.45) is 4.47. The molecule has 1 fully saturated rings. The minimum atomic E-state index is -1.01. The molecule has 0 unspecified atom stereocenters. The quantitative estimate of drug-likeness (QED) is 0.734. The Hall–Kier alpha value is -1.10. The number of carboxylic acid groups (broad SMARTS) is 1. The number of hydrogen-bond donors (Lipinski definition) is 2. The standard InChI is InChI=1S/C12H21NO4/c1-8(2)11(12(15)16)13-10(14)7-17-9-5-3-4-6-9/h8-9,11H,3-7H2,1-2H3,(H,13,14)(H,15,16)/t11-/m1/s1. The Balaban J connectivity index is 2.29. The van der Waals surface area contributed by atoms with Crippen LogP contribution in [0.3, 0.4) is 0 Å². The molecule has 5 nitrogen and oxygen atoms in total. The smallest absolute Gasteiger partial charge is 0.326 e. The highest BCUT2D eigenvalue weighted by atomic mass is 16.5. The van der Waals surface area contributed by atoms with Gasteiger partial charge in [-0.25, -0.2) is 4.79 Å². The second kappa shape index (κ2) is 6.59. The van der Waals surface area contributed by atoms with Gasteiger partial charge in [-0.05, 0) is 18.8 Å². The van der Waals surface area contributed by atoms with Crippen LogP contribution in [0, 0.1) is 5.92 Å². The van der Waals surface area contributed by atoms with Gasteiger partial charge in [0.05, 0.1) is 6.10 Å². The minimum Gasteiger partial charge on any atom is -0.480 e. The molecule has 1 aliphatic rings. The average molecular weight is 243 g/mol. The van der Waals surface area contributed by atoms with E-state index < -0.39 is 12.0 Å². The lowest BCUT2D eigenvalue weighted by Gasteiger charge is -2.18. The van der Waals surface area contributed by atoms with Crippen molar-refractivity contribution in [1.29, 1.82) is 0 Å². The molecule has 1 amide bonds. The molecule has 0 radical (unpaired) electrons. The Labute approximate surface area is 102 Å². The summed E-state index contributed by atoms with van der Waals surface area (Å²) in [7, 11) is 0. The highest BCUT2D eigenvalue weighted by Gasteiger charge is 2.24. The van der Waals surface area contributed by atoms with Crippen LogP contribution in [-0.4, -0.2) is 35.7 Å². The van der Waals surface area contributed by atoms with Crippen molar-refractivity contribution >= 4 is 11.9 Å². The van der Waals surface area contributed by atoms with Gasteiger partial charge in [0.25, 0.3) is 0 Å². The Morgan fingerprint density at radius 1 is 1.35 bits per heavy atom.